The summed E-state index contributed by atoms with van der Waals surface area (Å²) in [4.78, 5) is 0.178. The van der Waals surface area contributed by atoms with Gasteiger partial charge in [0, 0.05) is 34.5 Å². The van der Waals surface area contributed by atoms with Gasteiger partial charge in [-0.1, -0.05) is 47.1 Å². The summed E-state index contributed by atoms with van der Waals surface area (Å²) in [5.41, 5.74) is 1.31. The highest BCUT2D eigenvalue weighted by Gasteiger charge is 2.27. The van der Waals surface area contributed by atoms with Gasteiger partial charge in [0.15, 0.2) is 0 Å². The van der Waals surface area contributed by atoms with Crippen molar-refractivity contribution in [3.8, 4) is 11.5 Å². The summed E-state index contributed by atoms with van der Waals surface area (Å²) in [5, 5.41) is 9.55. The molecule has 7 nitrogen and oxygen atoms in total. The van der Waals surface area contributed by atoms with Crippen LogP contribution in [-0.2, 0) is 20.5 Å². The van der Waals surface area contributed by atoms with Gasteiger partial charge in [0.1, 0.15) is 0 Å². The molecule has 1 aliphatic rings. The number of ether oxygens (including phenoxy) is 1. The Morgan fingerprint density at radius 1 is 1.03 bits per heavy atom. The zero-order valence-corrected chi connectivity index (χ0v) is 18.8. The summed E-state index contributed by atoms with van der Waals surface area (Å²) in [7, 11) is -3.61. The van der Waals surface area contributed by atoms with E-state index in [0.717, 1.165) is 5.56 Å². The molecule has 0 aliphatic carbocycles. The SMILES string of the molecule is O=S(=O)(c1cccc(-c2nnc(SCc3c(Cl)cccc3Cl)o2)c1)N1CCOCC1. The third-order valence-electron chi connectivity index (χ3n) is 4.50. The summed E-state index contributed by atoms with van der Waals surface area (Å²) < 4.78 is 38.1. The van der Waals surface area contributed by atoms with Crippen molar-refractivity contribution in [2.75, 3.05) is 26.3 Å². The van der Waals surface area contributed by atoms with Crippen LogP contribution >= 0.6 is 35.0 Å². The number of hydrogen-bond donors (Lipinski definition) is 0. The number of rotatable bonds is 6. The van der Waals surface area contributed by atoms with E-state index in [9.17, 15) is 8.42 Å². The van der Waals surface area contributed by atoms with Gasteiger partial charge in [-0.3, -0.25) is 0 Å². The maximum atomic E-state index is 12.9. The van der Waals surface area contributed by atoms with E-state index in [0.29, 0.717) is 52.9 Å². The Bertz CT molecular complexity index is 1130. The molecule has 4 rings (SSSR count). The minimum atomic E-state index is -3.61. The maximum absolute atomic E-state index is 12.9. The van der Waals surface area contributed by atoms with E-state index < -0.39 is 10.0 Å². The first-order chi connectivity index (χ1) is 14.4. The summed E-state index contributed by atoms with van der Waals surface area (Å²) in [5.74, 6) is 0.702. The van der Waals surface area contributed by atoms with Gasteiger partial charge in [0.2, 0.25) is 15.9 Å². The zero-order valence-electron chi connectivity index (χ0n) is 15.6. The zero-order chi connectivity index (χ0) is 21.1. The predicted octanol–water partition coefficient (Wildman–Crippen LogP) is 4.36. The van der Waals surface area contributed by atoms with Crippen LogP contribution in [0.4, 0.5) is 0 Å². The predicted molar refractivity (Wildman–Crippen MR) is 115 cm³/mol. The van der Waals surface area contributed by atoms with E-state index in [1.165, 1.54) is 22.1 Å². The average molecular weight is 486 g/mol. The van der Waals surface area contributed by atoms with E-state index in [1.54, 1.807) is 36.4 Å². The second-order valence-electron chi connectivity index (χ2n) is 6.41. The van der Waals surface area contributed by atoms with Gasteiger partial charge < -0.3 is 9.15 Å². The molecule has 0 saturated carbocycles. The van der Waals surface area contributed by atoms with E-state index in [1.807, 2.05) is 0 Å². The molecular weight excluding hydrogens is 469 g/mol. The van der Waals surface area contributed by atoms with Crippen LogP contribution in [0.1, 0.15) is 5.56 Å². The lowest BCUT2D eigenvalue weighted by molar-refractivity contribution is 0.0730. The monoisotopic (exact) mass is 485 g/mol. The molecule has 158 valence electrons. The molecule has 0 unspecified atom stereocenters. The highest BCUT2D eigenvalue weighted by atomic mass is 35.5. The Balaban J connectivity index is 1.52. The molecule has 1 aromatic heterocycles. The van der Waals surface area contributed by atoms with E-state index in [-0.39, 0.29) is 10.8 Å². The van der Waals surface area contributed by atoms with E-state index in [4.69, 9.17) is 32.4 Å². The lowest BCUT2D eigenvalue weighted by Gasteiger charge is -2.26. The number of hydrogen-bond acceptors (Lipinski definition) is 7. The smallest absolute Gasteiger partial charge is 0.277 e. The molecule has 1 fully saturated rings. The fourth-order valence-electron chi connectivity index (χ4n) is 2.91. The number of thioether (sulfide) groups is 1. The minimum absolute atomic E-state index is 0.178. The van der Waals surface area contributed by atoms with Gasteiger partial charge in [0.25, 0.3) is 5.22 Å². The van der Waals surface area contributed by atoms with Gasteiger partial charge in [-0.15, -0.1) is 10.2 Å². The Hall–Kier alpha value is -1.62. The summed E-state index contributed by atoms with van der Waals surface area (Å²) in [6, 6.07) is 11.8. The second kappa shape index (κ2) is 9.25. The highest BCUT2D eigenvalue weighted by molar-refractivity contribution is 7.98. The molecule has 0 radical (unpaired) electrons. The molecule has 1 saturated heterocycles. The van der Waals surface area contributed by atoms with Crippen LogP contribution < -0.4 is 0 Å². The topological polar surface area (TPSA) is 85.5 Å². The molecular formula is C19H17Cl2N3O4S2. The third kappa shape index (κ3) is 4.66. The van der Waals surface area contributed by atoms with E-state index >= 15 is 0 Å². The molecule has 0 atom stereocenters. The van der Waals surface area contributed by atoms with Crippen molar-refractivity contribution in [3.05, 3.63) is 58.1 Å². The number of benzene rings is 2. The molecule has 2 heterocycles. The molecule has 3 aromatic rings. The number of aromatic nitrogens is 2. The van der Waals surface area contributed by atoms with Crippen molar-refractivity contribution in [1.82, 2.24) is 14.5 Å². The van der Waals surface area contributed by atoms with Crippen molar-refractivity contribution in [1.29, 1.82) is 0 Å². The van der Waals surface area contributed by atoms with Gasteiger partial charge in [-0.25, -0.2) is 8.42 Å². The first kappa shape index (κ1) is 21.6. The van der Waals surface area contributed by atoms with Crippen LogP contribution in [-0.4, -0.2) is 49.2 Å². The fourth-order valence-corrected chi connectivity index (χ4v) is 5.87. The van der Waals surface area contributed by atoms with Crippen molar-refractivity contribution in [2.45, 2.75) is 15.9 Å². The standard InChI is InChI=1S/C19H17Cl2N3O4S2/c20-16-5-2-6-17(21)15(16)12-29-19-23-22-18(28-19)13-3-1-4-14(11-13)30(25,26)24-7-9-27-10-8-24/h1-6,11H,7-10,12H2. The minimum Gasteiger partial charge on any atom is -0.411 e. The van der Waals surface area contributed by atoms with Crippen LogP contribution in [0.3, 0.4) is 0 Å². The molecule has 2 aromatic carbocycles. The van der Waals surface area contributed by atoms with Gasteiger partial charge in [0.05, 0.1) is 18.1 Å². The number of halogens is 2. The Morgan fingerprint density at radius 3 is 2.47 bits per heavy atom. The van der Waals surface area contributed by atoms with Crippen LogP contribution in [0, 0.1) is 0 Å². The van der Waals surface area contributed by atoms with Crippen LogP contribution in [0.15, 0.2) is 57.0 Å². The van der Waals surface area contributed by atoms with Crippen molar-refractivity contribution < 1.29 is 17.6 Å². The number of morpholine rings is 1. The van der Waals surface area contributed by atoms with Crippen LogP contribution in [0.2, 0.25) is 10.0 Å². The number of nitrogens with zero attached hydrogens (tertiary/aromatic N) is 3. The van der Waals surface area contributed by atoms with Gasteiger partial charge in [-0.2, -0.15) is 4.31 Å². The molecule has 0 bridgehead atoms. The molecule has 11 heteroatoms. The van der Waals surface area contributed by atoms with Crippen LogP contribution in [0.25, 0.3) is 11.5 Å². The Labute approximate surface area is 188 Å². The first-order valence-electron chi connectivity index (χ1n) is 9.03. The lowest BCUT2D eigenvalue weighted by atomic mass is 10.2. The molecule has 0 amide bonds. The van der Waals surface area contributed by atoms with Crippen LogP contribution in [0.5, 0.6) is 0 Å². The summed E-state index contributed by atoms with van der Waals surface area (Å²) in [6.45, 7) is 1.44. The second-order valence-corrected chi connectivity index (χ2v) is 10.1. The van der Waals surface area contributed by atoms with Gasteiger partial charge in [-0.05, 0) is 35.9 Å². The molecule has 1 aliphatic heterocycles. The lowest BCUT2D eigenvalue weighted by Crippen LogP contribution is -2.40. The Kier molecular flexibility index (Phi) is 6.66. The first-order valence-corrected chi connectivity index (χ1v) is 12.2. The summed E-state index contributed by atoms with van der Waals surface area (Å²) in [6.07, 6.45) is 0. The largest absolute Gasteiger partial charge is 0.411 e. The Morgan fingerprint density at radius 2 is 1.73 bits per heavy atom. The fraction of sp³-hybridized carbons (Fsp3) is 0.263. The quantitative estimate of drug-likeness (QED) is 0.479. The van der Waals surface area contributed by atoms with Crippen molar-refractivity contribution in [2.24, 2.45) is 0 Å². The van der Waals surface area contributed by atoms with Crippen molar-refractivity contribution >= 4 is 45.0 Å². The summed E-state index contributed by atoms with van der Waals surface area (Å²) >= 11 is 13.7. The highest BCUT2D eigenvalue weighted by Crippen LogP contribution is 2.32. The normalized spacial score (nSPS) is 15.4. The number of sulfonamides is 1. The third-order valence-corrected chi connectivity index (χ3v) is 7.94. The maximum Gasteiger partial charge on any atom is 0.277 e. The molecule has 30 heavy (non-hydrogen) atoms. The van der Waals surface area contributed by atoms with E-state index in [2.05, 4.69) is 10.2 Å². The molecule has 0 N–H and O–H groups in total. The van der Waals surface area contributed by atoms with Crippen molar-refractivity contribution in [3.63, 3.8) is 0 Å². The average Bonchev–Trinajstić information content (AvgIpc) is 3.23. The molecule has 0 spiro atoms. The van der Waals surface area contributed by atoms with Gasteiger partial charge >= 0.3 is 0 Å².